The molecule has 3 aromatic heterocycles. The number of anilines is 1. The van der Waals surface area contributed by atoms with E-state index in [1.54, 1.807) is 47.5 Å². The molecule has 1 aromatic carbocycles. The Morgan fingerprint density at radius 2 is 2.00 bits per heavy atom. The highest BCUT2D eigenvalue weighted by Crippen LogP contribution is 2.30. The second kappa shape index (κ2) is 8.66. The maximum atomic E-state index is 12.7. The van der Waals surface area contributed by atoms with Gasteiger partial charge in [0.1, 0.15) is 17.3 Å². The highest BCUT2D eigenvalue weighted by atomic mass is 16.5. The molecule has 0 aliphatic heterocycles. The van der Waals surface area contributed by atoms with Crippen LogP contribution in [0.4, 0.5) is 5.82 Å². The molecule has 0 atom stereocenters. The van der Waals surface area contributed by atoms with Gasteiger partial charge in [-0.05, 0) is 36.8 Å². The zero-order valence-electron chi connectivity index (χ0n) is 17.2. The van der Waals surface area contributed by atoms with Gasteiger partial charge < -0.3 is 15.8 Å². The molecule has 0 saturated carbocycles. The SMILES string of the molecule is Cc1c(Oc2cc(N)nc(-c3cnn(C)c3)c2)cccc1C(=O)NCc1ccncc1. The summed E-state index contributed by atoms with van der Waals surface area (Å²) in [4.78, 5) is 21.1. The third kappa shape index (κ3) is 4.69. The highest BCUT2D eigenvalue weighted by molar-refractivity contribution is 5.96. The van der Waals surface area contributed by atoms with Crippen LogP contribution in [-0.2, 0) is 13.6 Å². The Kier molecular flexibility index (Phi) is 5.61. The number of nitrogens with one attached hydrogen (secondary N) is 1. The summed E-state index contributed by atoms with van der Waals surface area (Å²) in [5, 5.41) is 7.10. The summed E-state index contributed by atoms with van der Waals surface area (Å²) in [7, 11) is 1.84. The number of hydrogen-bond acceptors (Lipinski definition) is 6. The summed E-state index contributed by atoms with van der Waals surface area (Å²) in [5.41, 5.74) is 9.72. The molecule has 156 valence electrons. The van der Waals surface area contributed by atoms with Crippen molar-refractivity contribution in [3.63, 3.8) is 0 Å². The Bertz CT molecular complexity index is 1220. The zero-order chi connectivity index (χ0) is 21.8. The molecule has 0 fully saturated rings. The molecule has 0 radical (unpaired) electrons. The first kappa shape index (κ1) is 20.1. The first-order valence-electron chi connectivity index (χ1n) is 9.71. The molecule has 0 saturated heterocycles. The number of hydrogen-bond donors (Lipinski definition) is 2. The fourth-order valence-electron chi connectivity index (χ4n) is 3.16. The lowest BCUT2D eigenvalue weighted by Crippen LogP contribution is -2.23. The number of nitrogens with zero attached hydrogens (tertiary/aromatic N) is 4. The predicted molar refractivity (Wildman–Crippen MR) is 118 cm³/mol. The van der Waals surface area contributed by atoms with Gasteiger partial charge in [0.15, 0.2) is 0 Å². The number of carbonyl (C=O) groups is 1. The van der Waals surface area contributed by atoms with Gasteiger partial charge in [-0.25, -0.2) is 4.98 Å². The Labute approximate surface area is 179 Å². The maximum absolute atomic E-state index is 12.7. The van der Waals surface area contributed by atoms with Crippen molar-refractivity contribution >= 4 is 11.7 Å². The van der Waals surface area contributed by atoms with Crippen LogP contribution in [0.25, 0.3) is 11.3 Å². The quantitative estimate of drug-likeness (QED) is 0.500. The summed E-state index contributed by atoms with van der Waals surface area (Å²) in [6.07, 6.45) is 6.96. The van der Waals surface area contributed by atoms with E-state index in [9.17, 15) is 4.79 Å². The van der Waals surface area contributed by atoms with E-state index in [-0.39, 0.29) is 5.91 Å². The van der Waals surface area contributed by atoms with Crippen molar-refractivity contribution in [2.24, 2.45) is 7.05 Å². The van der Waals surface area contributed by atoms with Crippen molar-refractivity contribution in [3.05, 3.63) is 83.9 Å². The van der Waals surface area contributed by atoms with Gasteiger partial charge in [0.05, 0.1) is 11.9 Å². The third-order valence-electron chi connectivity index (χ3n) is 4.78. The van der Waals surface area contributed by atoms with E-state index in [0.29, 0.717) is 35.1 Å². The average Bonchev–Trinajstić information content (AvgIpc) is 3.20. The predicted octanol–water partition coefficient (Wildman–Crippen LogP) is 3.49. The van der Waals surface area contributed by atoms with Gasteiger partial charge in [-0.3, -0.25) is 14.5 Å². The van der Waals surface area contributed by atoms with Crippen LogP contribution in [0.15, 0.2) is 67.3 Å². The number of aryl methyl sites for hydroxylation is 1. The van der Waals surface area contributed by atoms with Crippen LogP contribution in [0.1, 0.15) is 21.5 Å². The van der Waals surface area contributed by atoms with Gasteiger partial charge in [-0.15, -0.1) is 0 Å². The smallest absolute Gasteiger partial charge is 0.251 e. The molecular formula is C23H22N6O2. The van der Waals surface area contributed by atoms with Gasteiger partial charge in [0, 0.05) is 61.0 Å². The second-order valence-electron chi connectivity index (χ2n) is 7.08. The second-order valence-corrected chi connectivity index (χ2v) is 7.08. The molecule has 0 spiro atoms. The van der Waals surface area contributed by atoms with E-state index >= 15 is 0 Å². The fourth-order valence-corrected chi connectivity index (χ4v) is 3.16. The minimum absolute atomic E-state index is 0.176. The Hall–Kier alpha value is -4.20. The molecule has 1 amide bonds. The summed E-state index contributed by atoms with van der Waals surface area (Å²) in [6, 6.07) is 12.5. The third-order valence-corrected chi connectivity index (χ3v) is 4.78. The molecule has 3 N–H and O–H groups in total. The van der Waals surface area contributed by atoms with E-state index in [1.807, 2.05) is 38.4 Å². The largest absolute Gasteiger partial charge is 0.457 e. The Morgan fingerprint density at radius 1 is 1.19 bits per heavy atom. The molecule has 8 heteroatoms. The van der Waals surface area contributed by atoms with E-state index < -0.39 is 0 Å². The maximum Gasteiger partial charge on any atom is 0.251 e. The topological polar surface area (TPSA) is 108 Å². The van der Waals surface area contributed by atoms with Gasteiger partial charge >= 0.3 is 0 Å². The summed E-state index contributed by atoms with van der Waals surface area (Å²) in [5.74, 6) is 1.26. The van der Waals surface area contributed by atoms with Crippen LogP contribution in [0.2, 0.25) is 0 Å². The lowest BCUT2D eigenvalue weighted by molar-refractivity contribution is 0.0950. The fraction of sp³-hybridized carbons (Fsp3) is 0.130. The van der Waals surface area contributed by atoms with Gasteiger partial charge in [0.25, 0.3) is 5.91 Å². The van der Waals surface area contributed by atoms with Crippen LogP contribution in [0, 0.1) is 6.92 Å². The van der Waals surface area contributed by atoms with Crippen LogP contribution >= 0.6 is 0 Å². The van der Waals surface area contributed by atoms with Crippen molar-refractivity contribution < 1.29 is 9.53 Å². The number of nitrogens with two attached hydrogens (primary N) is 1. The molecule has 0 aliphatic rings. The average molecular weight is 414 g/mol. The van der Waals surface area contributed by atoms with Crippen molar-refractivity contribution in [1.29, 1.82) is 0 Å². The van der Waals surface area contributed by atoms with E-state index in [1.165, 1.54) is 0 Å². The van der Waals surface area contributed by atoms with Crippen LogP contribution in [0.5, 0.6) is 11.5 Å². The zero-order valence-corrected chi connectivity index (χ0v) is 17.2. The molecular weight excluding hydrogens is 392 g/mol. The summed E-state index contributed by atoms with van der Waals surface area (Å²) < 4.78 is 7.77. The lowest BCUT2D eigenvalue weighted by atomic mass is 10.1. The van der Waals surface area contributed by atoms with Gasteiger partial charge in [0.2, 0.25) is 0 Å². The number of nitrogen functional groups attached to an aromatic ring is 1. The molecule has 4 rings (SSSR count). The van der Waals surface area contributed by atoms with Crippen molar-refractivity contribution in [2.75, 3.05) is 5.73 Å². The monoisotopic (exact) mass is 414 g/mol. The number of carbonyl (C=O) groups excluding carboxylic acids is 1. The molecule has 0 bridgehead atoms. The van der Waals surface area contributed by atoms with E-state index in [2.05, 4.69) is 20.4 Å². The molecule has 8 nitrogen and oxygen atoms in total. The lowest BCUT2D eigenvalue weighted by Gasteiger charge is -2.13. The Balaban J connectivity index is 1.54. The van der Waals surface area contributed by atoms with Gasteiger partial charge in [-0.2, -0.15) is 5.10 Å². The van der Waals surface area contributed by atoms with E-state index in [0.717, 1.165) is 16.7 Å². The van der Waals surface area contributed by atoms with Gasteiger partial charge in [-0.1, -0.05) is 6.07 Å². The molecule has 0 unspecified atom stereocenters. The van der Waals surface area contributed by atoms with Crippen molar-refractivity contribution in [3.8, 4) is 22.8 Å². The first-order valence-corrected chi connectivity index (χ1v) is 9.71. The highest BCUT2D eigenvalue weighted by Gasteiger charge is 2.14. The van der Waals surface area contributed by atoms with Crippen molar-refractivity contribution in [1.82, 2.24) is 25.1 Å². The van der Waals surface area contributed by atoms with Crippen LogP contribution in [0.3, 0.4) is 0 Å². The van der Waals surface area contributed by atoms with Crippen molar-refractivity contribution in [2.45, 2.75) is 13.5 Å². The Morgan fingerprint density at radius 3 is 2.74 bits per heavy atom. The molecule has 3 heterocycles. The normalized spacial score (nSPS) is 10.6. The number of aromatic nitrogens is 4. The first-order chi connectivity index (χ1) is 15.0. The summed E-state index contributed by atoms with van der Waals surface area (Å²) in [6.45, 7) is 2.27. The van der Waals surface area contributed by atoms with Crippen LogP contribution in [-0.4, -0.2) is 25.7 Å². The standard InChI is InChI=1S/C23H22N6O2/c1-15-19(23(30)26-12-16-6-8-25-9-7-16)4-3-5-21(15)31-18-10-20(28-22(24)11-18)17-13-27-29(2)14-17/h3-11,13-14H,12H2,1-2H3,(H2,24,28)(H,26,30). The number of pyridine rings is 2. The number of ether oxygens (including phenoxy) is 1. The minimum Gasteiger partial charge on any atom is -0.457 e. The number of benzene rings is 1. The minimum atomic E-state index is -0.176. The summed E-state index contributed by atoms with van der Waals surface area (Å²) >= 11 is 0. The number of amides is 1. The van der Waals surface area contributed by atoms with E-state index in [4.69, 9.17) is 10.5 Å². The number of rotatable bonds is 6. The molecule has 0 aliphatic carbocycles. The molecule has 4 aromatic rings. The molecule has 31 heavy (non-hydrogen) atoms. The van der Waals surface area contributed by atoms with Crippen LogP contribution < -0.4 is 15.8 Å².